The summed E-state index contributed by atoms with van der Waals surface area (Å²) in [4.78, 5) is 4.99. The van der Waals surface area contributed by atoms with E-state index in [1.165, 1.54) is 0 Å². The number of halogens is 1. The summed E-state index contributed by atoms with van der Waals surface area (Å²) < 4.78 is 39.7. The third-order valence-corrected chi connectivity index (χ3v) is 7.26. The van der Waals surface area contributed by atoms with E-state index in [0.717, 1.165) is 60.8 Å². The van der Waals surface area contributed by atoms with Crippen LogP contribution in [0.1, 0.15) is 6.42 Å². The van der Waals surface area contributed by atoms with E-state index in [4.69, 9.17) is 9.47 Å². The molecule has 4 rings (SSSR count). The number of piperazine rings is 1. The van der Waals surface area contributed by atoms with Gasteiger partial charge < -0.3 is 14.4 Å². The molecule has 0 radical (unpaired) electrons. The average molecular weight is 496 g/mol. The van der Waals surface area contributed by atoms with Gasteiger partial charge in [0.25, 0.3) is 0 Å². The number of benzene rings is 2. The number of fused-ring (bicyclic) bond motifs is 1. The Kier molecular flexibility index (Phi) is 6.82. The molecule has 0 atom stereocenters. The van der Waals surface area contributed by atoms with Crippen molar-refractivity contribution in [3.05, 3.63) is 46.9 Å². The van der Waals surface area contributed by atoms with Gasteiger partial charge in [-0.2, -0.15) is 0 Å². The summed E-state index contributed by atoms with van der Waals surface area (Å²) in [7, 11) is -3.47. The van der Waals surface area contributed by atoms with Crippen molar-refractivity contribution in [3.8, 4) is 11.5 Å². The summed E-state index contributed by atoms with van der Waals surface area (Å²) in [6.45, 7) is 6.14. The number of rotatable bonds is 7. The largest absolute Gasteiger partial charge is 0.486 e. The van der Waals surface area contributed by atoms with Gasteiger partial charge in [0.15, 0.2) is 11.5 Å². The first-order valence-corrected chi connectivity index (χ1v) is 12.4. The molecule has 1 fully saturated rings. The summed E-state index contributed by atoms with van der Waals surface area (Å²) in [5, 5.41) is 0. The molecule has 0 aliphatic carbocycles. The molecule has 9 heteroatoms. The quantitative estimate of drug-likeness (QED) is 0.595. The first-order chi connectivity index (χ1) is 14.5. The van der Waals surface area contributed by atoms with Crippen molar-refractivity contribution in [1.82, 2.24) is 9.62 Å². The minimum Gasteiger partial charge on any atom is -0.486 e. The lowest BCUT2D eigenvalue weighted by molar-refractivity contribution is 0.171. The summed E-state index contributed by atoms with van der Waals surface area (Å²) >= 11 is 3.31. The second-order valence-electron chi connectivity index (χ2n) is 7.34. The normalized spacial score (nSPS) is 17.2. The highest BCUT2D eigenvalue weighted by Crippen LogP contribution is 2.39. The Hall–Kier alpha value is -1.81. The highest BCUT2D eigenvalue weighted by atomic mass is 79.9. The van der Waals surface area contributed by atoms with Crippen molar-refractivity contribution in [2.75, 3.05) is 57.4 Å². The Morgan fingerprint density at radius 2 is 1.77 bits per heavy atom. The van der Waals surface area contributed by atoms with Gasteiger partial charge in [-0.05, 0) is 43.3 Å². The molecule has 1 saturated heterocycles. The predicted molar refractivity (Wildman–Crippen MR) is 120 cm³/mol. The molecule has 162 valence electrons. The average Bonchev–Trinajstić information content (AvgIpc) is 2.77. The number of ether oxygens (including phenoxy) is 2. The van der Waals surface area contributed by atoms with E-state index in [9.17, 15) is 8.42 Å². The molecule has 7 nitrogen and oxygen atoms in total. The maximum absolute atomic E-state index is 12.4. The molecule has 2 aromatic rings. The van der Waals surface area contributed by atoms with Gasteiger partial charge in [0.1, 0.15) is 13.2 Å². The molecule has 0 bridgehead atoms. The van der Waals surface area contributed by atoms with Gasteiger partial charge in [-0.15, -0.1) is 0 Å². The van der Waals surface area contributed by atoms with E-state index < -0.39 is 10.0 Å². The Labute approximate surface area is 186 Å². The van der Waals surface area contributed by atoms with Crippen molar-refractivity contribution >= 4 is 31.6 Å². The zero-order valence-corrected chi connectivity index (χ0v) is 19.1. The Morgan fingerprint density at radius 1 is 1.00 bits per heavy atom. The van der Waals surface area contributed by atoms with Crippen LogP contribution in [0.25, 0.3) is 0 Å². The Balaban J connectivity index is 1.23. The highest BCUT2D eigenvalue weighted by Gasteiger charge is 2.23. The molecule has 2 aromatic carbocycles. The van der Waals surface area contributed by atoms with E-state index in [2.05, 4.69) is 36.5 Å². The van der Waals surface area contributed by atoms with Gasteiger partial charge >= 0.3 is 0 Å². The second kappa shape index (κ2) is 9.55. The fourth-order valence-electron chi connectivity index (χ4n) is 3.75. The topological polar surface area (TPSA) is 71.1 Å². The van der Waals surface area contributed by atoms with Crippen LogP contribution in [0.4, 0.5) is 5.69 Å². The standard InChI is InChI=1S/C21H26BrN3O4S/c22-17-4-1-5-18(16-17)30(26,27)23-8-3-9-24-10-12-25(13-11-24)19-6-2-7-20-21(19)29-15-14-28-20/h1-2,4-7,16,23H,3,8-15H2. The predicted octanol–water partition coefficient (Wildman–Crippen LogP) is 2.71. The first kappa shape index (κ1) is 21.4. The van der Waals surface area contributed by atoms with Crippen molar-refractivity contribution in [1.29, 1.82) is 0 Å². The number of nitrogens with zero attached hydrogens (tertiary/aromatic N) is 2. The highest BCUT2D eigenvalue weighted by molar-refractivity contribution is 9.10. The molecule has 0 aromatic heterocycles. The van der Waals surface area contributed by atoms with Crippen molar-refractivity contribution in [2.24, 2.45) is 0 Å². The molecule has 0 spiro atoms. The summed E-state index contributed by atoms with van der Waals surface area (Å²) in [6.07, 6.45) is 0.769. The van der Waals surface area contributed by atoms with Gasteiger partial charge in [0, 0.05) is 37.2 Å². The number of nitrogens with one attached hydrogen (secondary N) is 1. The van der Waals surface area contributed by atoms with Crippen LogP contribution < -0.4 is 19.1 Å². The SMILES string of the molecule is O=S(=O)(NCCCN1CCN(c2cccc3c2OCCO3)CC1)c1cccc(Br)c1. The number of sulfonamides is 1. The van der Waals surface area contributed by atoms with Crippen molar-refractivity contribution in [2.45, 2.75) is 11.3 Å². The van der Waals surface area contributed by atoms with E-state index in [0.29, 0.717) is 19.8 Å². The molecule has 0 saturated carbocycles. The summed E-state index contributed by atoms with van der Waals surface area (Å²) in [5.74, 6) is 1.66. The fraction of sp³-hybridized carbons (Fsp3) is 0.429. The van der Waals surface area contributed by atoms with Crippen LogP contribution in [-0.4, -0.2) is 65.8 Å². The molecular weight excluding hydrogens is 470 g/mol. The van der Waals surface area contributed by atoms with Gasteiger partial charge in [-0.3, -0.25) is 4.90 Å². The maximum Gasteiger partial charge on any atom is 0.240 e. The monoisotopic (exact) mass is 495 g/mol. The van der Waals surface area contributed by atoms with Gasteiger partial charge in [0.2, 0.25) is 10.0 Å². The second-order valence-corrected chi connectivity index (χ2v) is 10.0. The van der Waals surface area contributed by atoms with Crippen LogP contribution in [0.3, 0.4) is 0 Å². The van der Waals surface area contributed by atoms with Gasteiger partial charge in [-0.1, -0.05) is 28.1 Å². The van der Waals surface area contributed by atoms with E-state index in [-0.39, 0.29) is 4.90 Å². The van der Waals surface area contributed by atoms with Crippen LogP contribution in [0, 0.1) is 0 Å². The number of hydrogen-bond donors (Lipinski definition) is 1. The minimum atomic E-state index is -3.47. The molecule has 30 heavy (non-hydrogen) atoms. The lowest BCUT2D eigenvalue weighted by Crippen LogP contribution is -2.47. The summed E-state index contributed by atoms with van der Waals surface area (Å²) in [5.41, 5.74) is 1.09. The van der Waals surface area contributed by atoms with Crippen molar-refractivity contribution in [3.63, 3.8) is 0 Å². The van der Waals surface area contributed by atoms with E-state index >= 15 is 0 Å². The first-order valence-electron chi connectivity index (χ1n) is 10.1. The lowest BCUT2D eigenvalue weighted by Gasteiger charge is -2.37. The minimum absolute atomic E-state index is 0.280. The maximum atomic E-state index is 12.4. The molecule has 0 amide bonds. The van der Waals surface area contributed by atoms with Gasteiger partial charge in [0.05, 0.1) is 10.6 Å². The van der Waals surface area contributed by atoms with Crippen LogP contribution in [-0.2, 0) is 10.0 Å². The van der Waals surface area contributed by atoms with Crippen molar-refractivity contribution < 1.29 is 17.9 Å². The lowest BCUT2D eigenvalue weighted by atomic mass is 10.2. The molecule has 0 unspecified atom stereocenters. The zero-order valence-electron chi connectivity index (χ0n) is 16.7. The molecule has 2 heterocycles. The molecule has 2 aliphatic rings. The van der Waals surface area contributed by atoms with Crippen LogP contribution in [0.15, 0.2) is 51.8 Å². The third-order valence-electron chi connectivity index (χ3n) is 5.31. The van der Waals surface area contributed by atoms with Gasteiger partial charge in [-0.25, -0.2) is 13.1 Å². The number of anilines is 1. The molecular formula is C21H26BrN3O4S. The van der Waals surface area contributed by atoms with Crippen LogP contribution >= 0.6 is 15.9 Å². The Bertz CT molecular complexity index is 978. The van der Waals surface area contributed by atoms with E-state index in [1.807, 2.05) is 18.2 Å². The van der Waals surface area contributed by atoms with Crippen LogP contribution in [0.2, 0.25) is 0 Å². The number of hydrogen-bond acceptors (Lipinski definition) is 6. The third kappa shape index (κ3) is 5.08. The van der Waals surface area contributed by atoms with E-state index in [1.54, 1.807) is 18.2 Å². The van der Waals surface area contributed by atoms with Crippen LogP contribution in [0.5, 0.6) is 11.5 Å². The number of para-hydroxylation sites is 1. The molecule has 1 N–H and O–H groups in total. The fourth-order valence-corrected chi connectivity index (χ4v) is 5.42. The summed E-state index contributed by atoms with van der Waals surface area (Å²) in [6, 6.07) is 12.8. The zero-order chi connectivity index (χ0) is 21.0. The smallest absolute Gasteiger partial charge is 0.240 e. The Morgan fingerprint density at radius 3 is 2.57 bits per heavy atom. The molecule has 2 aliphatic heterocycles.